The number of Topliss-reactive ketones (excluding diaryl/α,β-unsaturated/α-hetero) is 1. The van der Waals surface area contributed by atoms with Crippen molar-refractivity contribution in [2.24, 2.45) is 7.05 Å². The Morgan fingerprint density at radius 1 is 1.20 bits per heavy atom. The van der Waals surface area contributed by atoms with Crippen molar-refractivity contribution in [2.45, 2.75) is 25.3 Å². The van der Waals surface area contributed by atoms with Gasteiger partial charge in [-0.3, -0.25) is 4.79 Å². The summed E-state index contributed by atoms with van der Waals surface area (Å²) in [7, 11) is 1.68. The predicted octanol–water partition coefficient (Wildman–Crippen LogP) is 1.27. The number of ether oxygens (including phenoxy) is 1. The Bertz CT molecular complexity index is 890. The number of ketones is 1. The van der Waals surface area contributed by atoms with Gasteiger partial charge in [0.2, 0.25) is 0 Å². The van der Waals surface area contributed by atoms with Crippen LogP contribution in [0.1, 0.15) is 28.3 Å². The maximum Gasteiger partial charge on any atom is 0.326 e. The van der Waals surface area contributed by atoms with E-state index in [9.17, 15) is 19.5 Å². The second-order valence-corrected chi connectivity index (χ2v) is 7.18. The van der Waals surface area contributed by atoms with Gasteiger partial charge >= 0.3 is 12.0 Å². The lowest BCUT2D eigenvalue weighted by Crippen LogP contribution is -2.52. The first kappa shape index (κ1) is 21.5. The molecule has 2 amide bonds. The van der Waals surface area contributed by atoms with E-state index in [0.29, 0.717) is 44.8 Å². The van der Waals surface area contributed by atoms with Crippen LogP contribution >= 0.6 is 0 Å². The lowest BCUT2D eigenvalue weighted by molar-refractivity contribution is -0.139. The molecule has 2 heterocycles. The number of urea groups is 1. The molecule has 2 N–H and O–H groups in total. The average Bonchev–Trinajstić information content (AvgIpc) is 3.13. The Balaban J connectivity index is 1.62. The number of carbonyl (C=O) groups is 3. The zero-order chi connectivity index (χ0) is 21.5. The predicted molar refractivity (Wildman–Crippen MR) is 108 cm³/mol. The van der Waals surface area contributed by atoms with Crippen molar-refractivity contribution in [1.82, 2.24) is 19.8 Å². The number of nitrogens with one attached hydrogen (secondary N) is 1. The van der Waals surface area contributed by atoms with E-state index in [1.807, 2.05) is 30.3 Å². The van der Waals surface area contributed by atoms with Crippen LogP contribution in [0.3, 0.4) is 0 Å². The number of carbonyl (C=O) groups excluding carboxylic acids is 2. The van der Waals surface area contributed by atoms with Gasteiger partial charge in [0.05, 0.1) is 13.2 Å². The fraction of sp³-hybridized carbons (Fsp3) is 0.429. The molecule has 0 aliphatic carbocycles. The number of aryl methyl sites for hydroxylation is 1. The molecule has 0 radical (unpaired) electrons. The van der Waals surface area contributed by atoms with Crippen LogP contribution < -0.4 is 5.32 Å². The van der Waals surface area contributed by atoms with Gasteiger partial charge < -0.3 is 24.6 Å². The van der Waals surface area contributed by atoms with Crippen molar-refractivity contribution in [3.8, 4) is 0 Å². The molecule has 1 aromatic carbocycles. The van der Waals surface area contributed by atoms with Crippen LogP contribution in [-0.4, -0.2) is 69.7 Å². The van der Waals surface area contributed by atoms with Crippen molar-refractivity contribution in [2.75, 3.05) is 26.3 Å². The highest BCUT2D eigenvalue weighted by molar-refractivity contribution is 5.93. The van der Waals surface area contributed by atoms with Crippen molar-refractivity contribution in [3.63, 3.8) is 0 Å². The fourth-order valence-electron chi connectivity index (χ4n) is 3.32. The van der Waals surface area contributed by atoms with Gasteiger partial charge in [-0.05, 0) is 12.0 Å². The highest BCUT2D eigenvalue weighted by Crippen LogP contribution is 2.12. The van der Waals surface area contributed by atoms with Gasteiger partial charge in [0.15, 0.2) is 11.6 Å². The van der Waals surface area contributed by atoms with E-state index in [4.69, 9.17) is 4.74 Å². The minimum Gasteiger partial charge on any atom is -0.480 e. The summed E-state index contributed by atoms with van der Waals surface area (Å²) in [5.74, 6) is -0.976. The van der Waals surface area contributed by atoms with E-state index >= 15 is 0 Å². The van der Waals surface area contributed by atoms with Gasteiger partial charge in [-0.25, -0.2) is 14.6 Å². The number of imidazole rings is 1. The van der Waals surface area contributed by atoms with Gasteiger partial charge in [0.25, 0.3) is 0 Å². The molecule has 2 aromatic rings. The maximum atomic E-state index is 12.6. The zero-order valence-electron chi connectivity index (χ0n) is 16.9. The lowest BCUT2D eigenvalue weighted by Gasteiger charge is -2.28. The molecule has 1 unspecified atom stereocenters. The number of rotatable bonds is 8. The van der Waals surface area contributed by atoms with E-state index in [1.54, 1.807) is 11.6 Å². The number of aliphatic carboxylic acids is 1. The monoisotopic (exact) mass is 414 g/mol. The molecule has 1 fully saturated rings. The number of carboxylic acid groups (broad SMARTS) is 1. The van der Waals surface area contributed by atoms with Gasteiger partial charge in [-0.15, -0.1) is 0 Å². The van der Waals surface area contributed by atoms with Crippen molar-refractivity contribution in [1.29, 1.82) is 0 Å². The number of hydrogen-bond acceptors (Lipinski definition) is 5. The molecule has 3 rings (SSSR count). The first-order valence-corrected chi connectivity index (χ1v) is 9.89. The molecule has 1 saturated heterocycles. The minimum atomic E-state index is -1.14. The Labute approximate surface area is 174 Å². The maximum absolute atomic E-state index is 12.6. The number of aromatic nitrogens is 2. The molecule has 0 spiro atoms. The fourth-order valence-corrected chi connectivity index (χ4v) is 3.32. The van der Waals surface area contributed by atoms with Crippen LogP contribution in [0.2, 0.25) is 0 Å². The second kappa shape index (κ2) is 10.0. The third-order valence-electron chi connectivity index (χ3n) is 5.12. The second-order valence-electron chi connectivity index (χ2n) is 7.18. The molecular formula is C21H26N4O5. The molecule has 1 aromatic heterocycles. The highest BCUT2D eigenvalue weighted by atomic mass is 16.5. The molecule has 1 aliphatic heterocycles. The first-order valence-electron chi connectivity index (χ1n) is 9.89. The topological polar surface area (TPSA) is 114 Å². The van der Waals surface area contributed by atoms with E-state index < -0.39 is 18.0 Å². The molecule has 9 heteroatoms. The number of hydrogen-bond donors (Lipinski definition) is 2. The van der Waals surface area contributed by atoms with Crippen molar-refractivity contribution in [3.05, 3.63) is 53.6 Å². The number of benzene rings is 1. The zero-order valence-corrected chi connectivity index (χ0v) is 16.9. The standard InChI is InChI=1S/C21H26N4O5/c1-24-16(13-17(20(27)28)23-21(29)25-9-11-30-12-10-25)14-22-19(24)18(26)8-7-15-5-3-2-4-6-15/h2-6,14,17H,7-13H2,1H3,(H,23,29)(H,27,28). The highest BCUT2D eigenvalue weighted by Gasteiger charge is 2.26. The summed E-state index contributed by atoms with van der Waals surface area (Å²) in [4.78, 5) is 42.3. The van der Waals surface area contributed by atoms with Gasteiger partial charge in [-0.1, -0.05) is 30.3 Å². The molecule has 1 aliphatic rings. The van der Waals surface area contributed by atoms with Crippen LogP contribution in [0, 0.1) is 0 Å². The number of nitrogens with zero attached hydrogens (tertiary/aromatic N) is 3. The summed E-state index contributed by atoms with van der Waals surface area (Å²) in [6, 6.07) is 8.14. The molecule has 1 atom stereocenters. The molecule has 9 nitrogen and oxygen atoms in total. The van der Waals surface area contributed by atoms with Crippen LogP contribution in [-0.2, 0) is 29.4 Å². The number of morpholine rings is 1. The van der Waals surface area contributed by atoms with E-state index in [-0.39, 0.29) is 18.0 Å². The quantitative estimate of drug-likeness (QED) is 0.629. The first-order chi connectivity index (χ1) is 14.5. The largest absolute Gasteiger partial charge is 0.480 e. The minimum absolute atomic E-state index is 0.0286. The summed E-state index contributed by atoms with van der Waals surface area (Å²) < 4.78 is 6.81. The van der Waals surface area contributed by atoms with E-state index in [0.717, 1.165) is 5.56 Å². The smallest absolute Gasteiger partial charge is 0.326 e. The Morgan fingerprint density at radius 2 is 1.90 bits per heavy atom. The average molecular weight is 414 g/mol. The number of amides is 2. The van der Waals surface area contributed by atoms with Gasteiger partial charge in [0, 0.05) is 44.9 Å². The SMILES string of the molecule is Cn1c(CC(NC(=O)N2CCOCC2)C(=O)O)cnc1C(=O)CCc1ccccc1. The van der Waals surface area contributed by atoms with Gasteiger partial charge in [-0.2, -0.15) is 0 Å². The van der Waals surface area contributed by atoms with Crippen molar-refractivity contribution >= 4 is 17.8 Å². The van der Waals surface area contributed by atoms with Crippen LogP contribution in [0.4, 0.5) is 4.79 Å². The summed E-state index contributed by atoms with van der Waals surface area (Å²) >= 11 is 0. The van der Waals surface area contributed by atoms with E-state index in [2.05, 4.69) is 10.3 Å². The summed E-state index contributed by atoms with van der Waals surface area (Å²) in [5, 5.41) is 12.1. The van der Waals surface area contributed by atoms with Crippen molar-refractivity contribution < 1.29 is 24.2 Å². The normalized spacial score (nSPS) is 14.9. The Hall–Kier alpha value is -3.20. The Kier molecular flexibility index (Phi) is 7.18. The molecule has 160 valence electrons. The molecule has 30 heavy (non-hydrogen) atoms. The van der Waals surface area contributed by atoms with Crippen LogP contribution in [0.25, 0.3) is 0 Å². The number of carboxylic acids is 1. The van der Waals surface area contributed by atoms with E-state index in [1.165, 1.54) is 11.1 Å². The van der Waals surface area contributed by atoms with Crippen LogP contribution in [0.5, 0.6) is 0 Å². The molecular weight excluding hydrogens is 388 g/mol. The summed E-state index contributed by atoms with van der Waals surface area (Å²) in [6.07, 6.45) is 2.44. The lowest BCUT2D eigenvalue weighted by atomic mass is 10.1. The van der Waals surface area contributed by atoms with Crippen LogP contribution in [0.15, 0.2) is 36.5 Å². The molecule has 0 saturated carbocycles. The third kappa shape index (κ3) is 5.44. The summed E-state index contributed by atoms with van der Waals surface area (Å²) in [6.45, 7) is 1.70. The third-order valence-corrected chi connectivity index (χ3v) is 5.12. The van der Waals surface area contributed by atoms with Gasteiger partial charge in [0.1, 0.15) is 6.04 Å². The molecule has 0 bridgehead atoms. The Morgan fingerprint density at radius 3 is 2.57 bits per heavy atom. The summed E-state index contributed by atoms with van der Waals surface area (Å²) in [5.41, 5.74) is 1.63.